The summed E-state index contributed by atoms with van der Waals surface area (Å²) in [5, 5.41) is 9.76. The lowest BCUT2D eigenvalue weighted by molar-refractivity contribution is 1.31. The molecule has 1 aromatic carbocycles. The summed E-state index contributed by atoms with van der Waals surface area (Å²) in [4.78, 5) is 3.98. The number of nitrogens with two attached hydrogens (primary N) is 1. The standard InChI is InChI=1S/C14H10ClN3/c15-13-6-2-1-5-11(13)14(17)12(8-16)10-4-3-7-18-9-10/h1-7,9H,17H2/b14-12-. The second-order valence-electron chi connectivity index (χ2n) is 3.62. The van der Waals surface area contributed by atoms with E-state index in [4.69, 9.17) is 17.3 Å². The van der Waals surface area contributed by atoms with Gasteiger partial charge in [0.1, 0.15) is 6.07 Å². The molecule has 0 bridgehead atoms. The first kappa shape index (κ1) is 12.2. The fourth-order valence-electron chi connectivity index (χ4n) is 1.61. The molecule has 3 nitrogen and oxygen atoms in total. The first-order valence-corrected chi connectivity index (χ1v) is 5.67. The van der Waals surface area contributed by atoms with Crippen molar-refractivity contribution in [1.29, 1.82) is 5.26 Å². The summed E-state index contributed by atoms with van der Waals surface area (Å²) >= 11 is 6.07. The van der Waals surface area contributed by atoms with Crippen molar-refractivity contribution in [3.63, 3.8) is 0 Å². The third-order valence-corrected chi connectivity index (χ3v) is 2.82. The smallest absolute Gasteiger partial charge is 0.102 e. The summed E-state index contributed by atoms with van der Waals surface area (Å²) in [6.45, 7) is 0. The molecule has 0 amide bonds. The normalized spacial score (nSPS) is 11.6. The first-order chi connectivity index (χ1) is 8.74. The second kappa shape index (κ2) is 5.35. The minimum atomic E-state index is 0.358. The Kier molecular flexibility index (Phi) is 3.61. The molecule has 0 spiro atoms. The Labute approximate surface area is 110 Å². The van der Waals surface area contributed by atoms with Crippen LogP contribution in [0.15, 0.2) is 48.8 Å². The summed E-state index contributed by atoms with van der Waals surface area (Å²) in [5.74, 6) is 0. The number of hydrogen-bond donors (Lipinski definition) is 1. The van der Waals surface area contributed by atoms with Crippen molar-refractivity contribution in [3.8, 4) is 6.07 Å². The van der Waals surface area contributed by atoms with Gasteiger partial charge in [0.15, 0.2) is 0 Å². The van der Waals surface area contributed by atoms with Crippen molar-refractivity contribution in [2.75, 3.05) is 0 Å². The van der Waals surface area contributed by atoms with E-state index in [1.54, 1.807) is 36.7 Å². The Morgan fingerprint density at radius 1 is 1.22 bits per heavy atom. The van der Waals surface area contributed by atoms with Crippen molar-refractivity contribution in [1.82, 2.24) is 4.98 Å². The molecular formula is C14H10ClN3. The molecule has 1 aromatic heterocycles. The quantitative estimate of drug-likeness (QED) is 0.839. The van der Waals surface area contributed by atoms with Crippen LogP contribution >= 0.6 is 11.6 Å². The molecule has 2 rings (SSSR count). The van der Waals surface area contributed by atoms with Gasteiger partial charge in [-0.05, 0) is 12.1 Å². The molecule has 0 radical (unpaired) electrons. The minimum absolute atomic E-state index is 0.358. The monoisotopic (exact) mass is 255 g/mol. The van der Waals surface area contributed by atoms with Crippen LogP contribution in [0.4, 0.5) is 0 Å². The van der Waals surface area contributed by atoms with Crippen LogP contribution in [0.5, 0.6) is 0 Å². The molecule has 88 valence electrons. The van der Waals surface area contributed by atoms with Crippen molar-refractivity contribution in [3.05, 3.63) is 64.9 Å². The third-order valence-electron chi connectivity index (χ3n) is 2.50. The fourth-order valence-corrected chi connectivity index (χ4v) is 1.84. The predicted octanol–water partition coefficient (Wildman–Crippen LogP) is 3.09. The average molecular weight is 256 g/mol. The highest BCUT2D eigenvalue weighted by Crippen LogP contribution is 2.26. The van der Waals surface area contributed by atoms with Crippen LogP contribution in [0.25, 0.3) is 11.3 Å². The molecule has 0 saturated heterocycles. The van der Waals surface area contributed by atoms with E-state index in [1.807, 2.05) is 12.1 Å². The molecule has 0 aliphatic rings. The molecule has 4 heteroatoms. The van der Waals surface area contributed by atoms with Crippen LogP contribution in [0, 0.1) is 11.3 Å². The number of aromatic nitrogens is 1. The minimum Gasteiger partial charge on any atom is -0.397 e. The van der Waals surface area contributed by atoms with Crippen LogP contribution in [-0.2, 0) is 0 Å². The molecule has 0 saturated carbocycles. The molecule has 0 aliphatic heterocycles. The summed E-state index contributed by atoms with van der Waals surface area (Å²) in [6, 6.07) is 12.8. The molecule has 1 heterocycles. The van der Waals surface area contributed by atoms with Gasteiger partial charge in [0.2, 0.25) is 0 Å². The lowest BCUT2D eigenvalue weighted by atomic mass is 10.0. The Morgan fingerprint density at radius 2 is 2.00 bits per heavy atom. The number of nitrogens with zero attached hydrogens (tertiary/aromatic N) is 2. The highest BCUT2D eigenvalue weighted by molar-refractivity contribution is 6.32. The number of halogens is 1. The van der Waals surface area contributed by atoms with Crippen molar-refractivity contribution >= 4 is 22.9 Å². The number of allylic oxidation sites excluding steroid dienone is 1. The molecule has 0 aliphatic carbocycles. The molecular weight excluding hydrogens is 246 g/mol. The van der Waals surface area contributed by atoms with Crippen LogP contribution < -0.4 is 5.73 Å². The van der Waals surface area contributed by atoms with Gasteiger partial charge in [0, 0.05) is 28.5 Å². The zero-order valence-corrected chi connectivity index (χ0v) is 10.2. The van der Waals surface area contributed by atoms with Gasteiger partial charge in [-0.15, -0.1) is 0 Å². The zero-order chi connectivity index (χ0) is 13.0. The maximum atomic E-state index is 9.24. The molecule has 0 atom stereocenters. The maximum Gasteiger partial charge on any atom is 0.102 e. The Hall–Kier alpha value is -2.31. The van der Waals surface area contributed by atoms with Gasteiger partial charge in [0.25, 0.3) is 0 Å². The lowest BCUT2D eigenvalue weighted by Crippen LogP contribution is -2.01. The Bertz CT molecular complexity index is 627. The van der Waals surface area contributed by atoms with Gasteiger partial charge < -0.3 is 5.73 Å². The van der Waals surface area contributed by atoms with E-state index in [2.05, 4.69) is 11.1 Å². The highest BCUT2D eigenvalue weighted by atomic mass is 35.5. The van der Waals surface area contributed by atoms with Gasteiger partial charge in [-0.3, -0.25) is 4.98 Å². The highest BCUT2D eigenvalue weighted by Gasteiger charge is 2.10. The third kappa shape index (κ3) is 2.34. The van der Waals surface area contributed by atoms with Crippen LogP contribution in [-0.4, -0.2) is 4.98 Å². The Morgan fingerprint density at radius 3 is 2.61 bits per heavy atom. The number of rotatable bonds is 2. The van der Waals surface area contributed by atoms with E-state index in [0.29, 0.717) is 27.4 Å². The van der Waals surface area contributed by atoms with E-state index >= 15 is 0 Å². The zero-order valence-electron chi connectivity index (χ0n) is 9.47. The lowest BCUT2D eigenvalue weighted by Gasteiger charge is -2.07. The first-order valence-electron chi connectivity index (χ1n) is 5.29. The summed E-state index contributed by atoms with van der Waals surface area (Å²) < 4.78 is 0. The van der Waals surface area contributed by atoms with Crippen LogP contribution in [0.2, 0.25) is 5.02 Å². The van der Waals surface area contributed by atoms with Crippen molar-refractivity contribution < 1.29 is 0 Å². The number of benzene rings is 1. The SMILES string of the molecule is N#C/C(=C(/N)c1ccccc1Cl)c1cccnc1. The van der Waals surface area contributed by atoms with E-state index in [9.17, 15) is 5.26 Å². The molecule has 0 unspecified atom stereocenters. The largest absolute Gasteiger partial charge is 0.397 e. The molecule has 18 heavy (non-hydrogen) atoms. The van der Waals surface area contributed by atoms with Crippen LogP contribution in [0.1, 0.15) is 11.1 Å². The topological polar surface area (TPSA) is 62.7 Å². The van der Waals surface area contributed by atoms with E-state index in [0.717, 1.165) is 0 Å². The predicted molar refractivity (Wildman–Crippen MR) is 72.3 cm³/mol. The van der Waals surface area contributed by atoms with Gasteiger partial charge in [-0.2, -0.15) is 5.26 Å². The van der Waals surface area contributed by atoms with Gasteiger partial charge >= 0.3 is 0 Å². The van der Waals surface area contributed by atoms with Crippen molar-refractivity contribution in [2.24, 2.45) is 5.73 Å². The molecule has 2 aromatic rings. The van der Waals surface area contributed by atoms with Gasteiger partial charge in [-0.1, -0.05) is 35.9 Å². The second-order valence-corrected chi connectivity index (χ2v) is 4.03. The van der Waals surface area contributed by atoms with E-state index < -0.39 is 0 Å². The van der Waals surface area contributed by atoms with Crippen LogP contribution in [0.3, 0.4) is 0 Å². The van der Waals surface area contributed by atoms with E-state index in [-0.39, 0.29) is 0 Å². The fraction of sp³-hybridized carbons (Fsp3) is 0. The summed E-state index contributed by atoms with van der Waals surface area (Å²) in [7, 11) is 0. The summed E-state index contributed by atoms with van der Waals surface area (Å²) in [5.41, 5.74) is 8.09. The van der Waals surface area contributed by atoms with Crippen molar-refractivity contribution in [2.45, 2.75) is 0 Å². The molecule has 2 N–H and O–H groups in total. The Balaban J connectivity index is 2.59. The summed E-state index contributed by atoms with van der Waals surface area (Å²) in [6.07, 6.45) is 3.24. The van der Waals surface area contributed by atoms with Gasteiger partial charge in [0.05, 0.1) is 11.3 Å². The number of pyridine rings is 1. The maximum absolute atomic E-state index is 9.24. The average Bonchev–Trinajstić information content (AvgIpc) is 2.41. The van der Waals surface area contributed by atoms with E-state index in [1.165, 1.54) is 0 Å². The molecule has 0 fully saturated rings. The number of nitriles is 1. The van der Waals surface area contributed by atoms with Gasteiger partial charge in [-0.25, -0.2) is 0 Å². The number of hydrogen-bond acceptors (Lipinski definition) is 3.